The number of hydrogen-bond donors (Lipinski definition) is 2. The van der Waals surface area contributed by atoms with E-state index in [1.54, 1.807) is 25.3 Å². The van der Waals surface area contributed by atoms with Gasteiger partial charge in [0.2, 0.25) is 5.91 Å². The molecule has 1 aromatic heterocycles. The molecule has 0 aromatic carbocycles. The lowest BCUT2D eigenvalue weighted by molar-refractivity contribution is -0.290. The van der Waals surface area contributed by atoms with Crippen molar-refractivity contribution in [2.75, 3.05) is 18.6 Å². The lowest BCUT2D eigenvalue weighted by Gasteiger charge is -2.08. The summed E-state index contributed by atoms with van der Waals surface area (Å²) in [6, 6.07) is 3.37. The fourth-order valence-electron chi connectivity index (χ4n) is 0.946. The highest BCUT2D eigenvalue weighted by Crippen LogP contribution is 2.15. The number of pyridine rings is 1. The summed E-state index contributed by atoms with van der Waals surface area (Å²) < 4.78 is 0. The Morgan fingerprint density at radius 3 is 3.06 bits per heavy atom. The van der Waals surface area contributed by atoms with E-state index >= 15 is 0 Å². The molecule has 17 heavy (non-hydrogen) atoms. The van der Waals surface area contributed by atoms with E-state index in [1.165, 1.54) is 0 Å². The Labute approximate surface area is 104 Å². The molecule has 94 valence electrons. The molecule has 0 saturated heterocycles. The summed E-state index contributed by atoms with van der Waals surface area (Å²) in [6.07, 6.45) is 1.75. The molecule has 1 rings (SSSR count). The zero-order valence-electron chi connectivity index (χ0n) is 9.40. The number of anilines is 1. The minimum Gasteiger partial charge on any atom is -0.281 e. The Morgan fingerprint density at radius 2 is 2.35 bits per heavy atom. The Morgan fingerprint density at radius 1 is 1.53 bits per heavy atom. The predicted octanol–water partition coefficient (Wildman–Crippen LogP) is 1.54. The zero-order valence-corrected chi connectivity index (χ0v) is 10.2. The van der Waals surface area contributed by atoms with E-state index in [1.807, 2.05) is 0 Å². The maximum Gasteiger partial charge on any atom is 0.240 e. The van der Waals surface area contributed by atoms with Crippen molar-refractivity contribution in [3.05, 3.63) is 23.4 Å². The maximum atomic E-state index is 11.3. The average molecular weight is 260 g/mol. The van der Waals surface area contributed by atoms with Crippen LogP contribution in [0.25, 0.3) is 0 Å². The molecule has 6 nitrogen and oxygen atoms in total. The molecular weight excluding hydrogens is 246 g/mol. The van der Waals surface area contributed by atoms with Crippen molar-refractivity contribution in [1.82, 2.24) is 10.4 Å². The van der Waals surface area contributed by atoms with Crippen LogP contribution in [0, 0.1) is 0 Å². The second-order valence-electron chi connectivity index (χ2n) is 2.99. The van der Waals surface area contributed by atoms with Gasteiger partial charge in [0.15, 0.2) is 5.82 Å². The molecule has 0 aliphatic heterocycles. The lowest BCUT2D eigenvalue weighted by atomic mass is 10.4. The van der Waals surface area contributed by atoms with Gasteiger partial charge in [-0.25, -0.2) is 14.8 Å². The third-order valence-corrected chi connectivity index (χ3v) is 2.00. The molecule has 0 spiro atoms. The molecule has 0 bridgehead atoms. The number of hydrogen-bond acceptors (Lipinski definition) is 5. The molecule has 7 heteroatoms. The van der Waals surface area contributed by atoms with E-state index in [0.717, 1.165) is 0 Å². The number of carbonyl (C=O) groups excluding carboxylic acids is 1. The lowest BCUT2D eigenvalue weighted by Crippen LogP contribution is -2.30. The highest BCUT2D eigenvalue weighted by Gasteiger charge is 2.03. The summed E-state index contributed by atoms with van der Waals surface area (Å²) in [5, 5.41) is 0.429. The number of halogens is 1. The summed E-state index contributed by atoms with van der Waals surface area (Å²) >= 11 is 5.83. The van der Waals surface area contributed by atoms with Crippen molar-refractivity contribution < 1.29 is 14.6 Å². The Balaban J connectivity index is 2.22. The normalized spacial score (nSPS) is 10.0. The van der Waals surface area contributed by atoms with Crippen LogP contribution in [0.5, 0.6) is 0 Å². The Kier molecular flexibility index (Phi) is 6.31. The van der Waals surface area contributed by atoms with Gasteiger partial charge in [-0.2, -0.15) is 0 Å². The van der Waals surface area contributed by atoms with Crippen molar-refractivity contribution in [3.63, 3.8) is 0 Å². The minimum atomic E-state index is -0.244. The molecule has 0 aliphatic rings. The van der Waals surface area contributed by atoms with Gasteiger partial charge >= 0.3 is 0 Å². The van der Waals surface area contributed by atoms with Gasteiger partial charge in [-0.3, -0.25) is 15.6 Å². The SMILES string of the molecule is CCOOCCC(=O)NNc1ncccc1Cl. The number of carbonyl (C=O) groups is 1. The first kappa shape index (κ1) is 13.7. The van der Waals surface area contributed by atoms with E-state index < -0.39 is 0 Å². The number of nitrogens with zero attached hydrogens (tertiary/aromatic N) is 1. The van der Waals surface area contributed by atoms with Crippen molar-refractivity contribution in [2.45, 2.75) is 13.3 Å². The average Bonchev–Trinajstić information content (AvgIpc) is 2.34. The number of amides is 1. The molecular formula is C10H14ClN3O3. The quantitative estimate of drug-likeness (QED) is 0.441. The van der Waals surface area contributed by atoms with Gasteiger partial charge in [0.05, 0.1) is 24.7 Å². The van der Waals surface area contributed by atoms with Crippen LogP contribution in [-0.2, 0) is 14.6 Å². The standard InChI is InChI=1S/C10H14ClN3O3/c1-2-16-17-7-5-9(15)13-14-10-8(11)4-3-6-12-10/h3-4,6H,2,5,7H2,1H3,(H,12,14)(H,13,15). The molecule has 2 N–H and O–H groups in total. The first-order valence-corrected chi connectivity index (χ1v) is 5.51. The van der Waals surface area contributed by atoms with E-state index in [-0.39, 0.29) is 18.9 Å². The van der Waals surface area contributed by atoms with Gasteiger partial charge in [-0.15, -0.1) is 0 Å². The summed E-state index contributed by atoms with van der Waals surface area (Å²) in [5.41, 5.74) is 5.06. The molecule has 0 aliphatic carbocycles. The fraction of sp³-hybridized carbons (Fsp3) is 0.400. The van der Waals surface area contributed by atoms with Crippen LogP contribution in [0.2, 0.25) is 5.02 Å². The van der Waals surface area contributed by atoms with Crippen LogP contribution in [0.1, 0.15) is 13.3 Å². The van der Waals surface area contributed by atoms with Crippen molar-refractivity contribution in [1.29, 1.82) is 0 Å². The molecule has 0 radical (unpaired) electrons. The van der Waals surface area contributed by atoms with Gasteiger partial charge in [-0.05, 0) is 19.1 Å². The molecule has 0 atom stereocenters. The Bertz CT molecular complexity index is 362. The van der Waals surface area contributed by atoms with Crippen LogP contribution in [-0.4, -0.2) is 24.1 Å². The van der Waals surface area contributed by atoms with Crippen LogP contribution >= 0.6 is 11.6 Å². The van der Waals surface area contributed by atoms with Crippen molar-refractivity contribution in [2.24, 2.45) is 0 Å². The first-order valence-electron chi connectivity index (χ1n) is 5.13. The van der Waals surface area contributed by atoms with E-state index in [4.69, 9.17) is 16.5 Å². The van der Waals surface area contributed by atoms with Gasteiger partial charge in [0.1, 0.15) is 0 Å². The van der Waals surface area contributed by atoms with Gasteiger partial charge < -0.3 is 0 Å². The van der Waals surface area contributed by atoms with Gasteiger partial charge in [0.25, 0.3) is 0 Å². The highest BCUT2D eigenvalue weighted by molar-refractivity contribution is 6.32. The van der Waals surface area contributed by atoms with Crippen LogP contribution in [0.4, 0.5) is 5.82 Å². The topological polar surface area (TPSA) is 72.5 Å². The maximum absolute atomic E-state index is 11.3. The third-order valence-electron chi connectivity index (χ3n) is 1.69. The first-order chi connectivity index (χ1) is 8.24. The van der Waals surface area contributed by atoms with Crippen LogP contribution in [0.3, 0.4) is 0 Å². The molecule has 1 aromatic rings. The Hall–Kier alpha value is -1.37. The van der Waals surface area contributed by atoms with E-state index in [0.29, 0.717) is 17.4 Å². The summed E-state index contributed by atoms with van der Waals surface area (Å²) in [6.45, 7) is 2.44. The summed E-state index contributed by atoms with van der Waals surface area (Å²) in [4.78, 5) is 24.6. The molecule has 0 unspecified atom stereocenters. The van der Waals surface area contributed by atoms with Crippen molar-refractivity contribution in [3.8, 4) is 0 Å². The largest absolute Gasteiger partial charge is 0.281 e. The van der Waals surface area contributed by atoms with E-state index in [2.05, 4.69) is 20.7 Å². The van der Waals surface area contributed by atoms with Gasteiger partial charge in [0, 0.05) is 6.20 Å². The second kappa shape index (κ2) is 7.83. The smallest absolute Gasteiger partial charge is 0.240 e. The molecule has 0 fully saturated rings. The van der Waals surface area contributed by atoms with Crippen molar-refractivity contribution >= 4 is 23.3 Å². The zero-order chi connectivity index (χ0) is 12.5. The molecule has 1 heterocycles. The second-order valence-corrected chi connectivity index (χ2v) is 3.39. The highest BCUT2D eigenvalue weighted by atomic mass is 35.5. The molecule has 0 saturated carbocycles. The van der Waals surface area contributed by atoms with Gasteiger partial charge in [-0.1, -0.05) is 11.6 Å². The number of aromatic nitrogens is 1. The fourth-order valence-corrected chi connectivity index (χ4v) is 1.11. The monoisotopic (exact) mass is 259 g/mol. The number of rotatable bonds is 7. The number of nitrogens with one attached hydrogen (secondary N) is 2. The minimum absolute atomic E-state index is 0.178. The van der Waals surface area contributed by atoms with Crippen LogP contribution < -0.4 is 10.9 Å². The molecule has 1 amide bonds. The predicted molar refractivity (Wildman–Crippen MR) is 63.2 cm³/mol. The summed E-state index contributed by atoms with van der Waals surface area (Å²) in [5.74, 6) is 0.152. The number of hydrazine groups is 1. The third kappa shape index (κ3) is 5.48. The summed E-state index contributed by atoms with van der Waals surface area (Å²) in [7, 11) is 0. The van der Waals surface area contributed by atoms with E-state index in [9.17, 15) is 4.79 Å². The van der Waals surface area contributed by atoms with Crippen LogP contribution in [0.15, 0.2) is 18.3 Å².